The highest BCUT2D eigenvalue weighted by molar-refractivity contribution is 6.31. The maximum atomic E-state index is 12.1. The van der Waals surface area contributed by atoms with Crippen molar-refractivity contribution in [2.45, 2.75) is 6.54 Å². The van der Waals surface area contributed by atoms with Gasteiger partial charge in [-0.25, -0.2) is 4.79 Å². The van der Waals surface area contributed by atoms with Crippen LogP contribution in [0.1, 0.15) is 16.1 Å². The number of ether oxygens (including phenoxy) is 3. The summed E-state index contributed by atoms with van der Waals surface area (Å²) in [6.07, 6.45) is 0. The molecule has 0 saturated carbocycles. The van der Waals surface area contributed by atoms with Crippen LogP contribution < -0.4 is 14.8 Å². The fourth-order valence-corrected chi connectivity index (χ4v) is 2.74. The summed E-state index contributed by atoms with van der Waals surface area (Å²) in [5.74, 6) is -0.00914. The molecule has 1 N–H and O–H groups in total. The van der Waals surface area contributed by atoms with Gasteiger partial charge >= 0.3 is 5.97 Å². The molecular weight excluding hydrogens is 386 g/mol. The largest absolute Gasteiger partial charge is 0.493 e. The number of halogens is 1. The van der Waals surface area contributed by atoms with Crippen molar-refractivity contribution in [3.63, 3.8) is 0 Å². The summed E-state index contributed by atoms with van der Waals surface area (Å²) >= 11 is 5.91. The molecule has 1 aromatic heterocycles. The third-order valence-corrected chi connectivity index (χ3v) is 4.19. The first kappa shape index (κ1) is 19.6. The first-order valence-electron chi connectivity index (χ1n) is 8.34. The van der Waals surface area contributed by atoms with E-state index in [2.05, 4.69) is 5.32 Å². The molecule has 0 unspecified atom stereocenters. The van der Waals surface area contributed by atoms with E-state index < -0.39 is 18.5 Å². The Bertz CT molecular complexity index is 1010. The molecule has 0 aliphatic heterocycles. The van der Waals surface area contributed by atoms with Crippen LogP contribution in [0.25, 0.3) is 11.0 Å². The van der Waals surface area contributed by atoms with Crippen molar-refractivity contribution in [3.05, 3.63) is 58.8 Å². The standard InChI is InChI=1S/C20H18ClNO6/c1-25-16-5-3-12(7-17(16)26-2)10-22-19(23)11-27-20(24)18-9-13-8-14(21)4-6-15(13)28-18/h3-9H,10-11H2,1-2H3,(H,22,23). The number of hydrogen-bond donors (Lipinski definition) is 1. The van der Waals surface area contributed by atoms with Gasteiger partial charge in [0, 0.05) is 17.0 Å². The molecule has 0 saturated heterocycles. The minimum atomic E-state index is -0.728. The number of carbonyl (C=O) groups is 2. The highest BCUT2D eigenvalue weighted by atomic mass is 35.5. The number of amides is 1. The Balaban J connectivity index is 1.52. The number of hydrogen-bond acceptors (Lipinski definition) is 6. The van der Waals surface area contributed by atoms with Gasteiger partial charge in [0.05, 0.1) is 14.2 Å². The fourth-order valence-electron chi connectivity index (χ4n) is 2.56. The lowest BCUT2D eigenvalue weighted by Crippen LogP contribution is -2.28. The summed E-state index contributed by atoms with van der Waals surface area (Å²) in [6.45, 7) is -0.177. The Morgan fingerprint density at radius 3 is 2.57 bits per heavy atom. The van der Waals surface area contributed by atoms with E-state index in [-0.39, 0.29) is 12.3 Å². The van der Waals surface area contributed by atoms with Gasteiger partial charge in [-0.2, -0.15) is 0 Å². The molecule has 0 atom stereocenters. The van der Waals surface area contributed by atoms with E-state index in [0.29, 0.717) is 27.5 Å². The quantitative estimate of drug-likeness (QED) is 0.607. The summed E-state index contributed by atoms with van der Waals surface area (Å²) < 4.78 is 20.8. The van der Waals surface area contributed by atoms with Crippen molar-refractivity contribution in [3.8, 4) is 11.5 Å². The minimum Gasteiger partial charge on any atom is -0.493 e. The van der Waals surface area contributed by atoms with Crippen molar-refractivity contribution in [2.24, 2.45) is 0 Å². The van der Waals surface area contributed by atoms with Crippen LogP contribution in [0.4, 0.5) is 0 Å². The number of fused-ring (bicyclic) bond motifs is 1. The van der Waals surface area contributed by atoms with Crippen LogP contribution in [0.5, 0.6) is 11.5 Å². The molecule has 0 aliphatic carbocycles. The summed E-state index contributed by atoms with van der Waals surface area (Å²) in [6, 6.07) is 11.8. The fraction of sp³-hybridized carbons (Fsp3) is 0.200. The molecule has 8 heteroatoms. The predicted molar refractivity (Wildman–Crippen MR) is 103 cm³/mol. The lowest BCUT2D eigenvalue weighted by molar-refractivity contribution is -0.124. The van der Waals surface area contributed by atoms with Gasteiger partial charge in [-0.1, -0.05) is 17.7 Å². The summed E-state index contributed by atoms with van der Waals surface area (Å²) in [4.78, 5) is 24.0. The molecule has 0 aliphatic rings. The smallest absolute Gasteiger partial charge is 0.374 e. The molecule has 1 heterocycles. The van der Waals surface area contributed by atoms with E-state index in [0.717, 1.165) is 5.56 Å². The van der Waals surface area contributed by atoms with Gasteiger partial charge in [0.15, 0.2) is 18.1 Å². The maximum absolute atomic E-state index is 12.1. The number of benzene rings is 2. The Labute approximate surface area is 166 Å². The number of nitrogens with one attached hydrogen (secondary N) is 1. The monoisotopic (exact) mass is 403 g/mol. The molecule has 0 fully saturated rings. The molecular formula is C20H18ClNO6. The number of methoxy groups -OCH3 is 2. The van der Waals surface area contributed by atoms with Crippen LogP contribution in [0.2, 0.25) is 5.02 Å². The molecule has 1 amide bonds. The summed E-state index contributed by atoms with van der Waals surface area (Å²) in [5, 5.41) is 3.88. The second-order valence-electron chi connectivity index (χ2n) is 5.83. The first-order valence-corrected chi connectivity index (χ1v) is 8.72. The highest BCUT2D eigenvalue weighted by Gasteiger charge is 2.16. The predicted octanol–water partition coefficient (Wildman–Crippen LogP) is 3.58. The van der Waals surface area contributed by atoms with E-state index in [9.17, 15) is 9.59 Å². The van der Waals surface area contributed by atoms with Crippen LogP contribution in [0.3, 0.4) is 0 Å². The van der Waals surface area contributed by atoms with Crippen LogP contribution in [0, 0.1) is 0 Å². The normalized spacial score (nSPS) is 10.5. The molecule has 0 spiro atoms. The van der Waals surface area contributed by atoms with Crippen LogP contribution >= 0.6 is 11.6 Å². The van der Waals surface area contributed by atoms with Gasteiger partial charge < -0.3 is 23.9 Å². The van der Waals surface area contributed by atoms with Crippen LogP contribution in [0.15, 0.2) is 46.9 Å². The lowest BCUT2D eigenvalue weighted by atomic mass is 10.2. The van der Waals surface area contributed by atoms with E-state index in [4.69, 9.17) is 30.2 Å². The number of rotatable bonds is 7. The van der Waals surface area contributed by atoms with E-state index in [1.165, 1.54) is 13.2 Å². The van der Waals surface area contributed by atoms with Gasteiger partial charge in [-0.05, 0) is 42.0 Å². The van der Waals surface area contributed by atoms with Crippen molar-refractivity contribution in [1.82, 2.24) is 5.32 Å². The van der Waals surface area contributed by atoms with E-state index >= 15 is 0 Å². The molecule has 28 heavy (non-hydrogen) atoms. The molecule has 3 rings (SSSR count). The zero-order valence-corrected chi connectivity index (χ0v) is 16.0. The van der Waals surface area contributed by atoms with Crippen LogP contribution in [-0.4, -0.2) is 32.7 Å². The third kappa shape index (κ3) is 4.55. The van der Waals surface area contributed by atoms with Crippen molar-refractivity contribution >= 4 is 34.4 Å². The maximum Gasteiger partial charge on any atom is 0.374 e. The SMILES string of the molecule is COc1ccc(CNC(=O)COC(=O)c2cc3cc(Cl)ccc3o2)cc1OC. The topological polar surface area (TPSA) is 87.0 Å². The molecule has 3 aromatic rings. The van der Waals surface area contributed by atoms with Gasteiger partial charge in [0.1, 0.15) is 5.58 Å². The second kappa shape index (κ2) is 8.67. The second-order valence-corrected chi connectivity index (χ2v) is 6.27. The van der Waals surface area contributed by atoms with Gasteiger partial charge in [0.25, 0.3) is 5.91 Å². The Kier molecular flexibility index (Phi) is 6.06. The number of carbonyl (C=O) groups excluding carboxylic acids is 2. The van der Waals surface area contributed by atoms with Gasteiger partial charge in [0.2, 0.25) is 5.76 Å². The molecule has 2 aromatic carbocycles. The van der Waals surface area contributed by atoms with Crippen molar-refractivity contribution in [2.75, 3.05) is 20.8 Å². The number of furan rings is 1. The number of esters is 1. The zero-order valence-electron chi connectivity index (χ0n) is 15.3. The van der Waals surface area contributed by atoms with Gasteiger partial charge in [-0.15, -0.1) is 0 Å². The van der Waals surface area contributed by atoms with Crippen molar-refractivity contribution < 1.29 is 28.2 Å². The zero-order chi connectivity index (χ0) is 20.1. The Morgan fingerprint density at radius 2 is 1.82 bits per heavy atom. The highest BCUT2D eigenvalue weighted by Crippen LogP contribution is 2.27. The van der Waals surface area contributed by atoms with Crippen LogP contribution in [-0.2, 0) is 16.1 Å². The summed E-state index contributed by atoms with van der Waals surface area (Å²) in [5.41, 5.74) is 1.32. The Hall–Kier alpha value is -3.19. The molecule has 0 bridgehead atoms. The van der Waals surface area contributed by atoms with E-state index in [1.54, 1.807) is 43.5 Å². The average molecular weight is 404 g/mol. The summed E-state index contributed by atoms with van der Waals surface area (Å²) in [7, 11) is 3.08. The van der Waals surface area contributed by atoms with Crippen molar-refractivity contribution in [1.29, 1.82) is 0 Å². The Morgan fingerprint density at radius 1 is 1.04 bits per heavy atom. The average Bonchev–Trinajstić information content (AvgIpc) is 3.13. The first-order chi connectivity index (χ1) is 13.5. The molecule has 146 valence electrons. The van der Waals surface area contributed by atoms with E-state index in [1.807, 2.05) is 0 Å². The lowest BCUT2D eigenvalue weighted by Gasteiger charge is -2.10. The molecule has 7 nitrogen and oxygen atoms in total. The van der Waals surface area contributed by atoms with Gasteiger partial charge in [-0.3, -0.25) is 4.79 Å². The minimum absolute atomic E-state index is 0.00459. The molecule has 0 radical (unpaired) electrons. The third-order valence-electron chi connectivity index (χ3n) is 3.95.